The maximum atomic E-state index is 13.1. The predicted molar refractivity (Wildman–Crippen MR) is 110 cm³/mol. The van der Waals surface area contributed by atoms with E-state index in [1.54, 1.807) is 24.5 Å². The Morgan fingerprint density at radius 2 is 1.83 bits per heavy atom. The summed E-state index contributed by atoms with van der Waals surface area (Å²) >= 11 is 1.40. The number of hydrogen-bond donors (Lipinski definition) is 1. The second kappa shape index (κ2) is 8.32. The van der Waals surface area contributed by atoms with Crippen molar-refractivity contribution in [1.82, 2.24) is 25.1 Å². The van der Waals surface area contributed by atoms with E-state index in [-0.39, 0.29) is 23.0 Å². The number of rotatable bonds is 7. The molecule has 1 fully saturated rings. The van der Waals surface area contributed by atoms with Crippen LogP contribution in [0.4, 0.5) is 4.39 Å². The monoisotopic (exact) mass is 411 g/mol. The summed E-state index contributed by atoms with van der Waals surface area (Å²) in [6.45, 7) is 3.74. The molecule has 150 valence electrons. The largest absolute Gasteiger partial charge is 0.349 e. The van der Waals surface area contributed by atoms with Crippen molar-refractivity contribution in [3.8, 4) is 11.4 Å². The number of aromatic nitrogens is 4. The minimum absolute atomic E-state index is 0.0948. The third-order valence-electron chi connectivity index (χ3n) is 4.90. The van der Waals surface area contributed by atoms with Crippen molar-refractivity contribution in [2.24, 2.45) is 0 Å². The minimum Gasteiger partial charge on any atom is -0.349 e. The third-order valence-corrected chi connectivity index (χ3v) is 5.95. The fourth-order valence-corrected chi connectivity index (χ4v) is 4.02. The predicted octanol–water partition coefficient (Wildman–Crippen LogP) is 4.17. The number of pyridine rings is 1. The van der Waals surface area contributed by atoms with Gasteiger partial charge in [-0.05, 0) is 56.5 Å². The molecule has 1 saturated carbocycles. The van der Waals surface area contributed by atoms with Gasteiger partial charge < -0.3 is 5.32 Å². The van der Waals surface area contributed by atoms with Crippen LogP contribution in [0, 0.1) is 5.82 Å². The standard InChI is InChI=1S/C21H22FN5OS/c1-13(15-3-5-17(22)6-4-15)24-20(28)14(2)29-21-26-25-19(27(21)18-7-8-18)16-9-11-23-12-10-16/h3-6,9-14,18H,7-8H2,1-2H3,(H,24,28)/t13-,14-/m0/s1. The third kappa shape index (κ3) is 4.48. The molecule has 1 aromatic carbocycles. The second-order valence-electron chi connectivity index (χ2n) is 7.19. The maximum absolute atomic E-state index is 13.1. The van der Waals surface area contributed by atoms with E-state index in [0.29, 0.717) is 6.04 Å². The fraction of sp³-hybridized carbons (Fsp3) is 0.333. The number of benzene rings is 1. The van der Waals surface area contributed by atoms with Gasteiger partial charge in [0.25, 0.3) is 0 Å². The molecule has 0 bridgehead atoms. The summed E-state index contributed by atoms with van der Waals surface area (Å²) in [6.07, 6.45) is 5.65. The first kappa shape index (κ1) is 19.6. The number of nitrogens with one attached hydrogen (secondary N) is 1. The molecule has 8 heteroatoms. The Hall–Kier alpha value is -2.74. The second-order valence-corrected chi connectivity index (χ2v) is 8.49. The Kier molecular flexibility index (Phi) is 5.62. The lowest BCUT2D eigenvalue weighted by Crippen LogP contribution is -2.33. The minimum atomic E-state index is -0.343. The van der Waals surface area contributed by atoms with Gasteiger partial charge in [0.05, 0.1) is 11.3 Å². The average molecular weight is 412 g/mol. The number of hydrogen-bond acceptors (Lipinski definition) is 5. The molecule has 29 heavy (non-hydrogen) atoms. The van der Waals surface area contributed by atoms with E-state index in [4.69, 9.17) is 0 Å². The van der Waals surface area contributed by atoms with Gasteiger partial charge in [-0.25, -0.2) is 4.39 Å². The van der Waals surface area contributed by atoms with Gasteiger partial charge in [0, 0.05) is 24.0 Å². The smallest absolute Gasteiger partial charge is 0.233 e. The maximum Gasteiger partial charge on any atom is 0.233 e. The molecule has 1 N–H and O–H groups in total. The van der Waals surface area contributed by atoms with E-state index in [1.165, 1.54) is 23.9 Å². The van der Waals surface area contributed by atoms with Crippen molar-refractivity contribution < 1.29 is 9.18 Å². The highest BCUT2D eigenvalue weighted by atomic mass is 32.2. The Balaban J connectivity index is 1.47. The topological polar surface area (TPSA) is 72.7 Å². The van der Waals surface area contributed by atoms with Gasteiger partial charge in [-0.15, -0.1) is 10.2 Å². The Morgan fingerprint density at radius 1 is 1.14 bits per heavy atom. The van der Waals surface area contributed by atoms with Crippen LogP contribution in [0.25, 0.3) is 11.4 Å². The normalized spacial score (nSPS) is 15.7. The van der Waals surface area contributed by atoms with Crippen molar-refractivity contribution in [2.45, 2.75) is 49.2 Å². The lowest BCUT2D eigenvalue weighted by Gasteiger charge is -2.18. The SMILES string of the molecule is C[C@H](Sc1nnc(-c2ccncc2)n1C1CC1)C(=O)N[C@@H](C)c1ccc(F)cc1. The van der Waals surface area contributed by atoms with Crippen molar-refractivity contribution in [1.29, 1.82) is 0 Å². The summed E-state index contributed by atoms with van der Waals surface area (Å²) < 4.78 is 15.2. The zero-order chi connectivity index (χ0) is 20.4. The molecule has 2 atom stereocenters. The summed E-state index contributed by atoms with van der Waals surface area (Å²) in [7, 11) is 0. The van der Waals surface area contributed by atoms with E-state index >= 15 is 0 Å². The number of carbonyl (C=O) groups is 1. The van der Waals surface area contributed by atoms with Crippen LogP contribution in [0.3, 0.4) is 0 Å². The molecule has 0 aliphatic heterocycles. The molecular weight excluding hydrogens is 389 g/mol. The molecule has 1 amide bonds. The van der Waals surface area contributed by atoms with Crippen LogP contribution in [0.15, 0.2) is 53.9 Å². The molecular formula is C21H22FN5OS. The first-order valence-corrected chi connectivity index (χ1v) is 10.5. The van der Waals surface area contributed by atoms with Crippen LogP contribution >= 0.6 is 11.8 Å². The molecule has 0 unspecified atom stereocenters. The van der Waals surface area contributed by atoms with Crippen molar-refractivity contribution in [3.63, 3.8) is 0 Å². The molecule has 2 heterocycles. The van der Waals surface area contributed by atoms with Gasteiger partial charge in [0.1, 0.15) is 5.82 Å². The van der Waals surface area contributed by atoms with E-state index < -0.39 is 0 Å². The summed E-state index contributed by atoms with van der Waals surface area (Å²) in [5.41, 5.74) is 1.83. The Morgan fingerprint density at radius 3 is 2.48 bits per heavy atom. The molecule has 4 rings (SSSR count). The Labute approximate surface area is 173 Å². The molecule has 3 aromatic rings. The van der Waals surface area contributed by atoms with Crippen LogP contribution in [0.1, 0.15) is 44.3 Å². The zero-order valence-corrected chi connectivity index (χ0v) is 17.1. The molecule has 6 nitrogen and oxygen atoms in total. The van der Waals surface area contributed by atoms with E-state index in [1.807, 2.05) is 26.0 Å². The first-order chi connectivity index (χ1) is 14.0. The van der Waals surface area contributed by atoms with Gasteiger partial charge in [0.2, 0.25) is 5.91 Å². The lowest BCUT2D eigenvalue weighted by molar-refractivity contribution is -0.120. The molecule has 2 aromatic heterocycles. The van der Waals surface area contributed by atoms with Gasteiger partial charge in [-0.2, -0.15) is 0 Å². The van der Waals surface area contributed by atoms with Crippen LogP contribution in [-0.4, -0.2) is 30.9 Å². The van der Waals surface area contributed by atoms with Crippen LogP contribution in [0.5, 0.6) is 0 Å². The lowest BCUT2D eigenvalue weighted by atomic mass is 10.1. The number of nitrogens with zero attached hydrogens (tertiary/aromatic N) is 4. The van der Waals surface area contributed by atoms with Gasteiger partial charge in [-0.1, -0.05) is 23.9 Å². The molecule has 1 aliphatic carbocycles. The van der Waals surface area contributed by atoms with Crippen molar-refractivity contribution in [2.75, 3.05) is 0 Å². The molecule has 0 spiro atoms. The van der Waals surface area contributed by atoms with E-state index in [2.05, 4.69) is 25.1 Å². The summed E-state index contributed by atoms with van der Waals surface area (Å²) in [6, 6.07) is 10.2. The number of carbonyl (C=O) groups excluding carboxylic acids is 1. The average Bonchev–Trinajstić information content (AvgIpc) is 3.49. The van der Waals surface area contributed by atoms with Crippen molar-refractivity contribution >= 4 is 17.7 Å². The zero-order valence-electron chi connectivity index (χ0n) is 16.2. The highest BCUT2D eigenvalue weighted by Crippen LogP contribution is 2.41. The van der Waals surface area contributed by atoms with Gasteiger partial charge in [0.15, 0.2) is 11.0 Å². The summed E-state index contributed by atoms with van der Waals surface area (Å²) in [4.78, 5) is 16.8. The quantitative estimate of drug-likeness (QED) is 0.591. The highest BCUT2D eigenvalue weighted by Gasteiger charge is 2.31. The molecule has 0 saturated heterocycles. The van der Waals surface area contributed by atoms with Crippen molar-refractivity contribution in [3.05, 3.63) is 60.2 Å². The van der Waals surface area contributed by atoms with Crippen LogP contribution in [0.2, 0.25) is 0 Å². The fourth-order valence-electron chi connectivity index (χ4n) is 3.09. The van der Waals surface area contributed by atoms with Gasteiger partial charge in [-0.3, -0.25) is 14.3 Å². The van der Waals surface area contributed by atoms with Crippen LogP contribution < -0.4 is 5.32 Å². The number of amides is 1. The Bertz CT molecular complexity index is 988. The van der Waals surface area contributed by atoms with Gasteiger partial charge >= 0.3 is 0 Å². The summed E-state index contributed by atoms with van der Waals surface area (Å²) in [5.74, 6) is 0.424. The molecule has 1 aliphatic rings. The number of halogens is 1. The van der Waals surface area contributed by atoms with E-state index in [9.17, 15) is 9.18 Å². The van der Waals surface area contributed by atoms with Crippen LogP contribution in [-0.2, 0) is 4.79 Å². The van der Waals surface area contributed by atoms with E-state index in [0.717, 1.165) is 34.9 Å². The number of thioether (sulfide) groups is 1. The first-order valence-electron chi connectivity index (χ1n) is 9.60. The highest BCUT2D eigenvalue weighted by molar-refractivity contribution is 8.00. The summed E-state index contributed by atoms with van der Waals surface area (Å²) in [5, 5.41) is 12.1. The molecule has 0 radical (unpaired) electrons.